The molecule has 1 aliphatic heterocycles. The zero-order valence-electron chi connectivity index (χ0n) is 36.1. The molecule has 2 bridgehead atoms. The maximum Gasteiger partial charge on any atom is 0.408 e. The van der Waals surface area contributed by atoms with Gasteiger partial charge in [0.05, 0.1) is 29.8 Å². The van der Waals surface area contributed by atoms with Gasteiger partial charge in [0.15, 0.2) is 17.5 Å². The fourth-order valence-corrected chi connectivity index (χ4v) is 9.79. The molecular weight excluding hydrogens is 814 g/mol. The largest absolute Gasteiger partial charge is 0.467 e. The monoisotopic (exact) mass is 869 g/mol. The Kier molecular flexibility index (Phi) is 12.6. The molecule has 3 fully saturated rings. The molecule has 62 heavy (non-hydrogen) atoms. The Bertz CT molecular complexity index is 2090. The Morgan fingerprint density at radius 1 is 1.00 bits per heavy atom. The van der Waals surface area contributed by atoms with Gasteiger partial charge in [-0.2, -0.15) is 0 Å². The third-order valence-corrected chi connectivity index (χ3v) is 12.8. The number of carbonyl (C=O) groups is 6. The number of furan rings is 1. The predicted octanol–water partition coefficient (Wildman–Crippen LogP) is 3.05. The summed E-state index contributed by atoms with van der Waals surface area (Å²) in [5.74, 6) is -6.57. The van der Waals surface area contributed by atoms with E-state index in [9.17, 15) is 39.3 Å². The molecule has 4 aliphatic rings. The van der Waals surface area contributed by atoms with Crippen molar-refractivity contribution in [1.29, 1.82) is 0 Å². The van der Waals surface area contributed by atoms with Crippen molar-refractivity contribution in [3.05, 3.63) is 71.2 Å². The molecule has 0 radical (unpaired) electrons. The number of ketones is 1. The molecular formula is C44H55NO17. The van der Waals surface area contributed by atoms with Crippen molar-refractivity contribution >= 4 is 35.8 Å². The van der Waals surface area contributed by atoms with Gasteiger partial charge >= 0.3 is 30.0 Å². The second-order valence-corrected chi connectivity index (χ2v) is 18.1. The van der Waals surface area contributed by atoms with Gasteiger partial charge in [-0.3, -0.25) is 9.59 Å². The van der Waals surface area contributed by atoms with Crippen molar-refractivity contribution in [2.75, 3.05) is 20.3 Å². The lowest BCUT2D eigenvalue weighted by Gasteiger charge is -2.67. The summed E-state index contributed by atoms with van der Waals surface area (Å²) >= 11 is 0. The van der Waals surface area contributed by atoms with Gasteiger partial charge < -0.3 is 58.2 Å². The minimum Gasteiger partial charge on any atom is -0.467 e. The van der Waals surface area contributed by atoms with Crippen molar-refractivity contribution in [3.8, 4) is 0 Å². The maximum absolute atomic E-state index is 15.4. The average molecular weight is 870 g/mol. The molecule has 1 aromatic heterocycles. The van der Waals surface area contributed by atoms with Crippen LogP contribution in [0.2, 0.25) is 0 Å². The van der Waals surface area contributed by atoms with E-state index in [0.717, 1.165) is 6.92 Å². The molecule has 6 rings (SSSR count). The number of alkyl carbamates (subject to hydrolysis) is 1. The van der Waals surface area contributed by atoms with Crippen LogP contribution < -0.4 is 5.32 Å². The number of aliphatic hydroxyl groups is 3. The summed E-state index contributed by atoms with van der Waals surface area (Å²) in [5, 5.41) is 40.0. The molecule has 2 saturated carbocycles. The molecule has 1 saturated heterocycles. The number of carbonyl (C=O) groups excluding carboxylic acids is 6. The van der Waals surface area contributed by atoms with Crippen molar-refractivity contribution in [2.45, 2.75) is 128 Å². The number of hydrogen-bond acceptors (Lipinski definition) is 17. The second kappa shape index (κ2) is 16.9. The van der Waals surface area contributed by atoms with Gasteiger partial charge in [0.25, 0.3) is 0 Å². The van der Waals surface area contributed by atoms with Gasteiger partial charge in [-0.1, -0.05) is 32.0 Å². The Morgan fingerprint density at radius 3 is 2.24 bits per heavy atom. The zero-order chi connectivity index (χ0) is 45.7. The van der Waals surface area contributed by atoms with E-state index < -0.39 is 125 Å². The highest BCUT2D eigenvalue weighted by molar-refractivity contribution is 5.94. The number of methoxy groups -OCH3 is 1. The molecule has 4 N–H and O–H groups in total. The number of ether oxygens (including phenoxy) is 7. The summed E-state index contributed by atoms with van der Waals surface area (Å²) in [7, 11) is 1.27. The molecule has 1 unspecified atom stereocenters. The number of benzene rings is 1. The summed E-state index contributed by atoms with van der Waals surface area (Å²) in [6, 6.07) is 9.09. The second-order valence-electron chi connectivity index (χ2n) is 18.1. The van der Waals surface area contributed by atoms with Crippen LogP contribution in [0.4, 0.5) is 4.79 Å². The minimum absolute atomic E-state index is 0.0387. The topological polar surface area (TPSA) is 253 Å². The Labute approximate surface area is 358 Å². The molecule has 2 heterocycles. The number of nitrogens with one attached hydrogen (secondary N) is 1. The first-order valence-electron chi connectivity index (χ1n) is 20.3. The van der Waals surface area contributed by atoms with Gasteiger partial charge in [-0.15, -0.1) is 0 Å². The molecule has 338 valence electrons. The summed E-state index contributed by atoms with van der Waals surface area (Å²) in [4.78, 5) is 82.8. The van der Waals surface area contributed by atoms with Crippen molar-refractivity contribution in [3.63, 3.8) is 0 Å². The first-order chi connectivity index (χ1) is 28.9. The number of Topliss-reactive ketones (excluding diaryl/α,β-unsaturated/α-hetero) is 1. The molecule has 18 nitrogen and oxygen atoms in total. The standard InChI is InChI=1S/C44H55NO17/c1-22-26(58-38(52)33(49)31(25-16-13-17-56-25)45-39(53)62-40(3,4)5)19-44(54)36(60-37(51)24-14-11-10-12-15-24)34-42(8,35(50)32(48)30(22)41(44,6)7)27(59-29(47)20-55-9)18-28-43(34,21-57-28)61-23(2)46/h10-17,26-28,31-34,36,48-49,54H,18-21H2,1-9H3,(H,45,53)/t26-,27-,28+,31-,32+,33+,34?,36-,42+,43-,44+/m0/s1. The van der Waals surface area contributed by atoms with Crippen molar-refractivity contribution < 1.29 is 81.7 Å². The van der Waals surface area contributed by atoms with E-state index in [1.54, 1.807) is 39.0 Å². The SMILES string of the molecule is COCC(=O)O[C@H]1C[C@H]2OC[C@@]2(OC(C)=O)C2[C@H](OC(=O)c3ccccc3)[C@]3(O)C[C@H](OC(=O)[C@H](O)[C@@H](NC(=O)OC(C)(C)C)c4ccco4)C(C)=C([C@@H](O)C(=O)[C@@]21C)C3(C)C. The molecule has 0 spiro atoms. The summed E-state index contributed by atoms with van der Waals surface area (Å²) in [6.45, 7) is 11.0. The van der Waals surface area contributed by atoms with E-state index in [2.05, 4.69) is 5.32 Å². The fraction of sp³-hybridized carbons (Fsp3) is 0.591. The van der Waals surface area contributed by atoms with Crippen molar-refractivity contribution in [2.24, 2.45) is 16.7 Å². The van der Waals surface area contributed by atoms with Gasteiger partial charge in [0.2, 0.25) is 0 Å². The van der Waals surface area contributed by atoms with E-state index in [-0.39, 0.29) is 35.5 Å². The third kappa shape index (κ3) is 8.02. The van der Waals surface area contributed by atoms with E-state index in [4.69, 9.17) is 37.6 Å². The van der Waals surface area contributed by atoms with E-state index in [1.807, 2.05) is 0 Å². The lowest BCUT2D eigenvalue weighted by molar-refractivity contribution is -0.346. The number of amides is 1. The average Bonchev–Trinajstić information content (AvgIpc) is 3.72. The van der Waals surface area contributed by atoms with Gasteiger partial charge in [-0.25, -0.2) is 19.2 Å². The Morgan fingerprint density at radius 2 is 1.68 bits per heavy atom. The lowest BCUT2D eigenvalue weighted by atomic mass is 9.44. The smallest absolute Gasteiger partial charge is 0.408 e. The van der Waals surface area contributed by atoms with E-state index in [0.29, 0.717) is 0 Å². The van der Waals surface area contributed by atoms with Crippen LogP contribution >= 0.6 is 0 Å². The zero-order valence-corrected chi connectivity index (χ0v) is 36.1. The van der Waals surface area contributed by atoms with E-state index in [1.165, 1.54) is 65.3 Å². The summed E-state index contributed by atoms with van der Waals surface area (Å²) in [5.41, 5.74) is -8.96. The number of fused-ring (bicyclic) bond motifs is 5. The summed E-state index contributed by atoms with van der Waals surface area (Å²) < 4.78 is 46.1. The maximum atomic E-state index is 15.4. The number of aliphatic hydroxyl groups excluding tert-OH is 2. The van der Waals surface area contributed by atoms with Crippen LogP contribution in [0.25, 0.3) is 0 Å². The molecule has 3 aliphatic carbocycles. The van der Waals surface area contributed by atoms with E-state index >= 15 is 4.79 Å². The van der Waals surface area contributed by atoms with Crippen LogP contribution in [0.1, 0.15) is 90.4 Å². The van der Waals surface area contributed by atoms with Gasteiger partial charge in [0.1, 0.15) is 60.1 Å². The number of esters is 4. The Balaban J connectivity index is 1.52. The van der Waals surface area contributed by atoms with Crippen LogP contribution in [0.15, 0.2) is 64.3 Å². The third-order valence-electron chi connectivity index (χ3n) is 12.8. The first kappa shape index (κ1) is 46.4. The lowest BCUT2D eigenvalue weighted by Crippen LogP contribution is -2.82. The fourth-order valence-electron chi connectivity index (χ4n) is 9.79. The van der Waals surface area contributed by atoms with Gasteiger partial charge in [-0.05, 0) is 70.0 Å². The minimum atomic E-state index is -2.43. The first-order valence-corrected chi connectivity index (χ1v) is 20.3. The molecule has 18 heteroatoms. The highest BCUT2D eigenvalue weighted by Gasteiger charge is 2.78. The highest BCUT2D eigenvalue weighted by Crippen LogP contribution is 2.64. The van der Waals surface area contributed by atoms with Crippen LogP contribution in [0, 0.1) is 16.7 Å². The van der Waals surface area contributed by atoms with Crippen LogP contribution in [0.3, 0.4) is 0 Å². The van der Waals surface area contributed by atoms with Crippen molar-refractivity contribution in [1.82, 2.24) is 5.32 Å². The van der Waals surface area contributed by atoms with Gasteiger partial charge in [0, 0.05) is 32.3 Å². The highest BCUT2D eigenvalue weighted by atomic mass is 16.6. The number of hydrogen-bond donors (Lipinski definition) is 4. The number of rotatable bonds is 11. The quantitative estimate of drug-likeness (QED) is 0.144. The molecule has 1 aromatic carbocycles. The van der Waals surface area contributed by atoms with Crippen LogP contribution in [0.5, 0.6) is 0 Å². The van der Waals surface area contributed by atoms with Crippen LogP contribution in [-0.2, 0) is 52.3 Å². The molecule has 11 atom stereocenters. The molecule has 1 amide bonds. The predicted molar refractivity (Wildman–Crippen MR) is 212 cm³/mol. The molecule has 2 aromatic rings. The van der Waals surface area contributed by atoms with Crippen LogP contribution in [-0.4, -0.2) is 125 Å². The summed E-state index contributed by atoms with van der Waals surface area (Å²) in [6.07, 6.45) is -10.7. The Hall–Kier alpha value is -5.14. The normalized spacial score (nSPS) is 32.2.